The van der Waals surface area contributed by atoms with Crippen molar-refractivity contribution in [3.05, 3.63) is 53.6 Å². The predicted octanol–water partition coefficient (Wildman–Crippen LogP) is 4.93. The van der Waals surface area contributed by atoms with E-state index >= 15 is 0 Å². The van der Waals surface area contributed by atoms with Gasteiger partial charge in [0, 0.05) is 19.2 Å². The van der Waals surface area contributed by atoms with Gasteiger partial charge in [0.25, 0.3) is 0 Å². The molecule has 0 bridgehead atoms. The van der Waals surface area contributed by atoms with Crippen molar-refractivity contribution in [1.82, 2.24) is 10.2 Å². The van der Waals surface area contributed by atoms with Crippen molar-refractivity contribution < 1.29 is 32.2 Å². The highest BCUT2D eigenvalue weighted by atomic mass is 35.5. The molecule has 0 saturated carbocycles. The van der Waals surface area contributed by atoms with E-state index in [2.05, 4.69) is 10.1 Å². The topological polar surface area (TPSA) is 60.0 Å². The average molecular weight is 449 g/mol. The van der Waals surface area contributed by atoms with Crippen LogP contribution in [0.4, 0.5) is 18.0 Å². The SMILES string of the molecule is COc1ccc(OC)c(C(C)NC(=O)N(C)Cc2ccc(OC(F)(F)F)cc2)c1.Cl. The third-order valence-electron chi connectivity index (χ3n) is 4.17. The van der Waals surface area contributed by atoms with Gasteiger partial charge >= 0.3 is 12.4 Å². The molecule has 0 saturated heterocycles. The van der Waals surface area contributed by atoms with Gasteiger partial charge in [0.1, 0.15) is 17.2 Å². The number of carbonyl (C=O) groups excluding carboxylic acids is 1. The molecular formula is C20H24ClF3N2O4. The lowest BCUT2D eigenvalue weighted by Crippen LogP contribution is -2.38. The molecule has 0 aliphatic rings. The molecule has 166 valence electrons. The fraction of sp³-hybridized carbons (Fsp3) is 0.350. The van der Waals surface area contributed by atoms with Crippen LogP contribution >= 0.6 is 12.4 Å². The summed E-state index contributed by atoms with van der Waals surface area (Å²) in [7, 11) is 4.68. The van der Waals surface area contributed by atoms with Crippen molar-refractivity contribution in [3.63, 3.8) is 0 Å². The third-order valence-corrected chi connectivity index (χ3v) is 4.17. The number of halogens is 4. The molecule has 0 radical (unpaired) electrons. The second kappa shape index (κ2) is 10.8. The molecule has 1 atom stereocenters. The van der Waals surface area contributed by atoms with Crippen molar-refractivity contribution in [3.8, 4) is 17.2 Å². The number of rotatable bonds is 7. The maximum Gasteiger partial charge on any atom is 0.573 e. The molecule has 2 aromatic carbocycles. The van der Waals surface area contributed by atoms with Gasteiger partial charge in [-0.15, -0.1) is 25.6 Å². The van der Waals surface area contributed by atoms with Gasteiger partial charge in [-0.1, -0.05) is 12.1 Å². The second-order valence-corrected chi connectivity index (χ2v) is 6.33. The predicted molar refractivity (Wildman–Crippen MR) is 108 cm³/mol. The fourth-order valence-electron chi connectivity index (χ4n) is 2.69. The largest absolute Gasteiger partial charge is 0.573 e. The van der Waals surface area contributed by atoms with Crippen molar-refractivity contribution in [2.75, 3.05) is 21.3 Å². The number of benzene rings is 2. The van der Waals surface area contributed by atoms with E-state index in [1.54, 1.807) is 32.4 Å². The number of ether oxygens (including phenoxy) is 3. The Labute approximate surface area is 179 Å². The van der Waals surface area contributed by atoms with Gasteiger partial charge in [-0.2, -0.15) is 0 Å². The Hall–Kier alpha value is -2.81. The molecule has 1 N–H and O–H groups in total. The first-order chi connectivity index (χ1) is 13.6. The molecule has 0 aliphatic heterocycles. The quantitative estimate of drug-likeness (QED) is 0.652. The van der Waals surface area contributed by atoms with Gasteiger partial charge in [0.2, 0.25) is 0 Å². The van der Waals surface area contributed by atoms with Gasteiger partial charge in [0.15, 0.2) is 0 Å². The summed E-state index contributed by atoms with van der Waals surface area (Å²) in [5, 5.41) is 2.86. The van der Waals surface area contributed by atoms with E-state index in [1.807, 2.05) is 6.92 Å². The molecule has 10 heteroatoms. The van der Waals surface area contributed by atoms with Crippen LogP contribution in [0.25, 0.3) is 0 Å². The first kappa shape index (κ1) is 25.2. The summed E-state index contributed by atoms with van der Waals surface area (Å²) in [5.41, 5.74) is 1.41. The van der Waals surface area contributed by atoms with Crippen LogP contribution in [-0.2, 0) is 6.54 Å². The highest BCUT2D eigenvalue weighted by Gasteiger charge is 2.31. The van der Waals surface area contributed by atoms with Crippen LogP contribution in [0.5, 0.6) is 17.2 Å². The fourth-order valence-corrected chi connectivity index (χ4v) is 2.69. The maximum atomic E-state index is 12.5. The van der Waals surface area contributed by atoms with Gasteiger partial charge in [-0.05, 0) is 42.8 Å². The zero-order valence-electron chi connectivity index (χ0n) is 16.9. The van der Waals surface area contributed by atoms with E-state index in [9.17, 15) is 18.0 Å². The van der Waals surface area contributed by atoms with Crippen LogP contribution in [0.1, 0.15) is 24.1 Å². The Morgan fingerprint density at radius 3 is 2.20 bits per heavy atom. The van der Waals surface area contributed by atoms with Crippen LogP contribution < -0.4 is 19.5 Å². The number of alkyl halides is 3. The van der Waals surface area contributed by atoms with Gasteiger partial charge in [-0.25, -0.2) is 4.79 Å². The lowest BCUT2D eigenvalue weighted by molar-refractivity contribution is -0.274. The van der Waals surface area contributed by atoms with E-state index in [0.717, 1.165) is 5.56 Å². The molecule has 0 aliphatic carbocycles. The first-order valence-electron chi connectivity index (χ1n) is 8.71. The molecule has 0 fully saturated rings. The van der Waals surface area contributed by atoms with Crippen molar-refractivity contribution in [1.29, 1.82) is 0 Å². The lowest BCUT2D eigenvalue weighted by Gasteiger charge is -2.23. The average Bonchev–Trinajstić information content (AvgIpc) is 2.67. The van der Waals surface area contributed by atoms with Crippen molar-refractivity contribution in [2.24, 2.45) is 0 Å². The minimum absolute atomic E-state index is 0. The Kier molecular flexibility index (Phi) is 9.10. The van der Waals surface area contributed by atoms with Gasteiger partial charge in [0.05, 0.1) is 20.3 Å². The zero-order chi connectivity index (χ0) is 21.6. The summed E-state index contributed by atoms with van der Waals surface area (Å²) in [6, 6.07) is 9.94. The summed E-state index contributed by atoms with van der Waals surface area (Å²) in [6.45, 7) is 2.02. The van der Waals surface area contributed by atoms with E-state index in [1.165, 1.54) is 36.3 Å². The van der Waals surface area contributed by atoms with E-state index in [-0.39, 0.29) is 36.8 Å². The molecule has 6 nitrogen and oxygen atoms in total. The number of amides is 2. The molecular weight excluding hydrogens is 425 g/mol. The number of methoxy groups -OCH3 is 2. The Morgan fingerprint density at radius 1 is 1.07 bits per heavy atom. The van der Waals surface area contributed by atoms with Crippen LogP contribution in [0.3, 0.4) is 0 Å². The highest BCUT2D eigenvalue weighted by Crippen LogP contribution is 2.29. The van der Waals surface area contributed by atoms with E-state index in [4.69, 9.17) is 9.47 Å². The smallest absolute Gasteiger partial charge is 0.497 e. The Balaban J connectivity index is 0.00000450. The van der Waals surface area contributed by atoms with Crippen LogP contribution in [0, 0.1) is 0 Å². The molecule has 0 heterocycles. The summed E-state index contributed by atoms with van der Waals surface area (Å²) in [5.74, 6) is 0.935. The molecule has 0 aromatic heterocycles. The van der Waals surface area contributed by atoms with E-state index < -0.39 is 6.36 Å². The standard InChI is InChI=1S/C20H23F3N2O4.ClH/c1-13(17-11-16(27-3)9-10-18(17)28-4)24-19(26)25(2)12-14-5-7-15(8-6-14)29-20(21,22)23;/h5-11,13H,12H2,1-4H3,(H,24,26);1H. The number of urea groups is 1. The molecule has 30 heavy (non-hydrogen) atoms. The normalized spacial score (nSPS) is 11.7. The molecule has 2 aromatic rings. The summed E-state index contributed by atoms with van der Waals surface area (Å²) < 4.78 is 51.1. The monoisotopic (exact) mass is 448 g/mol. The molecule has 2 rings (SSSR count). The highest BCUT2D eigenvalue weighted by molar-refractivity contribution is 5.85. The summed E-state index contributed by atoms with van der Waals surface area (Å²) >= 11 is 0. The Bertz CT molecular complexity index is 832. The summed E-state index contributed by atoms with van der Waals surface area (Å²) in [4.78, 5) is 13.9. The first-order valence-corrected chi connectivity index (χ1v) is 8.71. The Morgan fingerprint density at radius 2 is 1.67 bits per heavy atom. The maximum absolute atomic E-state index is 12.5. The number of nitrogens with one attached hydrogen (secondary N) is 1. The van der Waals surface area contributed by atoms with Crippen LogP contribution in [-0.4, -0.2) is 38.6 Å². The van der Waals surface area contributed by atoms with Crippen molar-refractivity contribution in [2.45, 2.75) is 25.9 Å². The van der Waals surface area contributed by atoms with Gasteiger partial charge < -0.3 is 24.4 Å². The lowest BCUT2D eigenvalue weighted by atomic mass is 10.1. The summed E-state index contributed by atoms with van der Waals surface area (Å²) in [6.07, 6.45) is -4.74. The zero-order valence-corrected chi connectivity index (χ0v) is 17.8. The van der Waals surface area contributed by atoms with E-state index in [0.29, 0.717) is 17.1 Å². The molecule has 2 amide bonds. The number of hydrogen-bond acceptors (Lipinski definition) is 4. The number of nitrogens with zero attached hydrogens (tertiary/aromatic N) is 1. The number of carbonyl (C=O) groups is 1. The van der Waals surface area contributed by atoms with Gasteiger partial charge in [-0.3, -0.25) is 0 Å². The second-order valence-electron chi connectivity index (χ2n) is 6.33. The molecule has 1 unspecified atom stereocenters. The molecule has 0 spiro atoms. The minimum Gasteiger partial charge on any atom is -0.497 e. The van der Waals surface area contributed by atoms with Crippen LogP contribution in [0.2, 0.25) is 0 Å². The van der Waals surface area contributed by atoms with Crippen molar-refractivity contribution >= 4 is 18.4 Å². The minimum atomic E-state index is -4.74. The third kappa shape index (κ3) is 7.22. The van der Waals surface area contributed by atoms with Crippen LogP contribution in [0.15, 0.2) is 42.5 Å². The number of hydrogen-bond donors (Lipinski definition) is 1.